The molecule has 1 aliphatic carbocycles. The van der Waals surface area contributed by atoms with Crippen LogP contribution in [-0.4, -0.2) is 39.7 Å². The van der Waals surface area contributed by atoms with Crippen molar-refractivity contribution in [2.24, 2.45) is 0 Å². The van der Waals surface area contributed by atoms with Gasteiger partial charge in [-0.25, -0.2) is 0 Å². The number of hydrogen-bond donors (Lipinski definition) is 3. The maximum absolute atomic E-state index is 12.7. The molecule has 0 radical (unpaired) electrons. The Kier molecular flexibility index (Phi) is 6.22. The van der Waals surface area contributed by atoms with Crippen LogP contribution in [0.4, 0.5) is 0 Å². The molecule has 2 heterocycles. The number of rotatable bonds is 5. The van der Waals surface area contributed by atoms with Crippen LogP contribution >= 0.6 is 22.9 Å². The zero-order valence-corrected chi connectivity index (χ0v) is 17.9. The quantitative estimate of drug-likeness (QED) is 0.548. The van der Waals surface area contributed by atoms with Crippen LogP contribution in [0.5, 0.6) is 0 Å². The molecule has 1 fully saturated rings. The third kappa shape index (κ3) is 4.87. The molecule has 7 nitrogen and oxygen atoms in total. The highest BCUT2D eigenvalue weighted by atomic mass is 35.5. The van der Waals surface area contributed by atoms with Gasteiger partial charge >= 0.3 is 0 Å². The first-order chi connectivity index (χ1) is 14.9. The van der Waals surface area contributed by atoms with E-state index in [0.717, 1.165) is 0 Å². The Bertz CT molecular complexity index is 1160. The van der Waals surface area contributed by atoms with Gasteiger partial charge in [0.2, 0.25) is 0 Å². The Morgan fingerprint density at radius 1 is 0.968 bits per heavy atom. The molecule has 3 atom stereocenters. The van der Waals surface area contributed by atoms with Gasteiger partial charge in [0.15, 0.2) is 0 Å². The summed E-state index contributed by atoms with van der Waals surface area (Å²) in [6.07, 6.45) is 1.74. The summed E-state index contributed by atoms with van der Waals surface area (Å²) in [6.45, 7) is 0. The number of aliphatic hydroxyl groups is 1. The van der Waals surface area contributed by atoms with Crippen molar-refractivity contribution in [2.45, 2.75) is 31.0 Å². The van der Waals surface area contributed by atoms with Crippen molar-refractivity contribution in [2.75, 3.05) is 0 Å². The Labute approximate surface area is 187 Å². The molecule has 9 heteroatoms. The summed E-state index contributed by atoms with van der Waals surface area (Å²) in [4.78, 5) is 37.6. The molecule has 0 aliphatic heterocycles. The topological polar surface area (TPSA) is 100 Å². The molecule has 0 unspecified atom stereocenters. The van der Waals surface area contributed by atoms with Crippen LogP contribution in [-0.2, 0) is 0 Å². The van der Waals surface area contributed by atoms with Crippen molar-refractivity contribution >= 4 is 34.8 Å². The first-order valence-corrected chi connectivity index (χ1v) is 10.9. The van der Waals surface area contributed by atoms with Crippen molar-refractivity contribution in [3.63, 3.8) is 0 Å². The summed E-state index contributed by atoms with van der Waals surface area (Å²) in [5.74, 6) is -0.600. The van der Waals surface area contributed by atoms with Crippen LogP contribution in [0, 0.1) is 0 Å². The second-order valence-corrected chi connectivity index (χ2v) is 9.06. The number of halogens is 1. The molecule has 0 spiro atoms. The average molecular weight is 458 g/mol. The van der Waals surface area contributed by atoms with Crippen LogP contribution in [0.1, 0.15) is 32.9 Å². The van der Waals surface area contributed by atoms with E-state index in [0.29, 0.717) is 33.3 Å². The molecule has 2 aromatic heterocycles. The lowest BCUT2D eigenvalue weighted by molar-refractivity contribution is 0.0894. The van der Waals surface area contributed by atoms with Gasteiger partial charge in [0.25, 0.3) is 17.4 Å². The number of nitrogens with one attached hydrogen (secondary N) is 2. The second kappa shape index (κ2) is 9.05. The number of benzene rings is 1. The van der Waals surface area contributed by atoms with Crippen LogP contribution < -0.4 is 16.2 Å². The number of nitrogens with zero attached hydrogens (tertiary/aromatic N) is 1. The fourth-order valence-electron chi connectivity index (χ4n) is 3.67. The highest BCUT2D eigenvalue weighted by molar-refractivity contribution is 7.18. The van der Waals surface area contributed by atoms with Gasteiger partial charge < -0.3 is 15.7 Å². The van der Waals surface area contributed by atoms with Crippen LogP contribution in [0.2, 0.25) is 4.34 Å². The maximum Gasteiger partial charge on any atom is 0.261 e. The van der Waals surface area contributed by atoms with E-state index in [1.54, 1.807) is 54.7 Å². The van der Waals surface area contributed by atoms with E-state index in [4.69, 9.17) is 11.6 Å². The van der Waals surface area contributed by atoms with Crippen molar-refractivity contribution in [3.8, 4) is 5.69 Å². The molecule has 1 aromatic carbocycles. The number of aliphatic hydroxyl groups excluding tert-OH is 1. The minimum Gasteiger partial charge on any atom is -0.393 e. The highest BCUT2D eigenvalue weighted by Gasteiger charge is 2.35. The van der Waals surface area contributed by atoms with Crippen molar-refractivity contribution in [1.82, 2.24) is 15.2 Å². The van der Waals surface area contributed by atoms with E-state index in [1.807, 2.05) is 0 Å². The minimum absolute atomic E-state index is 0.162. The van der Waals surface area contributed by atoms with Gasteiger partial charge in [0, 0.05) is 23.5 Å². The monoisotopic (exact) mass is 457 g/mol. The minimum atomic E-state index is -0.616. The third-order valence-corrected chi connectivity index (χ3v) is 6.43. The average Bonchev–Trinajstić information content (AvgIpc) is 3.33. The predicted molar refractivity (Wildman–Crippen MR) is 119 cm³/mol. The van der Waals surface area contributed by atoms with Gasteiger partial charge in [-0.2, -0.15) is 0 Å². The molecular formula is C22H20ClN3O4S. The van der Waals surface area contributed by atoms with Crippen molar-refractivity contribution < 1.29 is 14.7 Å². The number of thiophene rings is 1. The second-order valence-electron chi connectivity index (χ2n) is 7.34. The number of pyridine rings is 1. The zero-order chi connectivity index (χ0) is 22.0. The Morgan fingerprint density at radius 3 is 2.26 bits per heavy atom. The van der Waals surface area contributed by atoms with Gasteiger partial charge in [0.1, 0.15) is 0 Å². The van der Waals surface area contributed by atoms with Gasteiger partial charge in [-0.05, 0) is 55.3 Å². The highest BCUT2D eigenvalue weighted by Crippen LogP contribution is 2.24. The Balaban J connectivity index is 1.43. The Hall–Kier alpha value is -2.94. The van der Waals surface area contributed by atoms with Gasteiger partial charge in [-0.1, -0.05) is 17.7 Å². The zero-order valence-electron chi connectivity index (χ0n) is 16.3. The van der Waals surface area contributed by atoms with E-state index in [2.05, 4.69) is 10.6 Å². The lowest BCUT2D eigenvalue weighted by Crippen LogP contribution is -2.48. The van der Waals surface area contributed by atoms with E-state index in [1.165, 1.54) is 22.0 Å². The lowest BCUT2D eigenvalue weighted by atomic mass is 10.1. The molecule has 0 saturated heterocycles. The van der Waals surface area contributed by atoms with Crippen LogP contribution in [0.25, 0.3) is 5.69 Å². The molecule has 1 saturated carbocycles. The first kappa shape index (κ1) is 21.3. The standard InChI is InChI=1S/C22H20ClN3O4S/c23-19-9-8-18(31-19)22(30)25-17-12-15(27)11-16(17)24-21(29)13-4-6-14(7-5-13)26-10-2-1-3-20(26)28/h1-10,15-17,27H,11-12H2,(H,24,29)(H,25,30)/t15-,16-,17-/m1/s1. The number of carbonyl (C=O) groups excluding carboxylic acids is 2. The van der Waals surface area contributed by atoms with Crippen LogP contribution in [0.15, 0.2) is 65.6 Å². The molecular weight excluding hydrogens is 438 g/mol. The number of amides is 2. The molecule has 160 valence electrons. The molecule has 0 bridgehead atoms. The molecule has 31 heavy (non-hydrogen) atoms. The summed E-state index contributed by atoms with van der Waals surface area (Å²) in [5.41, 5.74) is 0.910. The number of hydrogen-bond acceptors (Lipinski definition) is 5. The van der Waals surface area contributed by atoms with Gasteiger partial charge in [0.05, 0.1) is 27.4 Å². The number of aromatic nitrogens is 1. The van der Waals surface area contributed by atoms with Crippen molar-refractivity contribution in [1.29, 1.82) is 0 Å². The van der Waals surface area contributed by atoms with E-state index in [-0.39, 0.29) is 17.4 Å². The molecule has 4 rings (SSSR count). The number of carbonyl (C=O) groups is 2. The third-order valence-electron chi connectivity index (χ3n) is 5.20. The lowest BCUT2D eigenvalue weighted by Gasteiger charge is -2.21. The summed E-state index contributed by atoms with van der Waals surface area (Å²) in [5, 5.41) is 15.9. The van der Waals surface area contributed by atoms with E-state index < -0.39 is 18.2 Å². The van der Waals surface area contributed by atoms with Crippen LogP contribution in [0.3, 0.4) is 0 Å². The molecule has 3 aromatic rings. The van der Waals surface area contributed by atoms with Crippen molar-refractivity contribution in [3.05, 3.63) is 85.9 Å². The molecule has 3 N–H and O–H groups in total. The molecule has 2 amide bonds. The molecule has 1 aliphatic rings. The summed E-state index contributed by atoms with van der Waals surface area (Å²) in [6, 6.07) is 14.0. The normalized spacial score (nSPS) is 20.4. The largest absolute Gasteiger partial charge is 0.393 e. The smallest absolute Gasteiger partial charge is 0.261 e. The summed E-state index contributed by atoms with van der Waals surface area (Å²) < 4.78 is 2.00. The fraction of sp³-hybridized carbons (Fsp3) is 0.227. The fourth-order valence-corrected chi connectivity index (χ4v) is 4.62. The predicted octanol–water partition coefficient (Wildman–Crippen LogP) is 2.60. The first-order valence-electron chi connectivity index (χ1n) is 9.74. The van der Waals surface area contributed by atoms with E-state index >= 15 is 0 Å². The van der Waals surface area contributed by atoms with E-state index in [9.17, 15) is 19.5 Å². The van der Waals surface area contributed by atoms with Gasteiger partial charge in [-0.15, -0.1) is 11.3 Å². The summed E-state index contributed by atoms with van der Waals surface area (Å²) in [7, 11) is 0. The van der Waals surface area contributed by atoms with Gasteiger partial charge in [-0.3, -0.25) is 19.0 Å². The maximum atomic E-state index is 12.7. The summed E-state index contributed by atoms with van der Waals surface area (Å²) >= 11 is 7.06. The Morgan fingerprint density at radius 2 is 1.65 bits per heavy atom. The SMILES string of the molecule is O=C(N[C@@H]1C[C@@H](O)C[C@H]1NC(=O)c1ccc(Cl)s1)c1ccc(-n2ccccc2=O)cc1.